The first kappa shape index (κ1) is 14.1. The average molecular weight is 300 g/mol. The van der Waals surface area contributed by atoms with Gasteiger partial charge in [-0.15, -0.1) is 0 Å². The molecule has 1 aromatic heterocycles. The van der Waals surface area contributed by atoms with E-state index < -0.39 is 5.91 Å². The topological polar surface area (TPSA) is 108 Å². The predicted octanol–water partition coefficient (Wildman–Crippen LogP) is -0.159. The number of hydrogen-bond acceptors (Lipinski definition) is 3. The van der Waals surface area contributed by atoms with Gasteiger partial charge in [0, 0.05) is 30.2 Å². The smallest absolute Gasteiger partial charge is 0.256 e. The highest BCUT2D eigenvalue weighted by atomic mass is 16.2. The van der Waals surface area contributed by atoms with Crippen molar-refractivity contribution in [3.8, 4) is 0 Å². The molecule has 1 aliphatic rings. The van der Waals surface area contributed by atoms with E-state index in [-0.39, 0.29) is 24.3 Å². The van der Waals surface area contributed by atoms with Crippen molar-refractivity contribution in [1.82, 2.24) is 15.2 Å². The Morgan fingerprint density at radius 2 is 2.00 bits per heavy atom. The number of rotatable bonds is 4. The minimum atomic E-state index is -0.584. The van der Waals surface area contributed by atoms with Crippen LogP contribution >= 0.6 is 0 Å². The van der Waals surface area contributed by atoms with Crippen molar-refractivity contribution in [3.63, 3.8) is 0 Å². The molecule has 114 valence electrons. The average Bonchev–Trinajstić information content (AvgIpc) is 2.87. The van der Waals surface area contributed by atoms with Gasteiger partial charge in [0.25, 0.3) is 5.91 Å². The summed E-state index contributed by atoms with van der Waals surface area (Å²) in [7, 11) is 0. The third kappa shape index (κ3) is 2.52. The fraction of sp³-hybridized carbons (Fsp3) is 0.267. The van der Waals surface area contributed by atoms with Crippen molar-refractivity contribution in [2.75, 3.05) is 19.6 Å². The molecule has 0 aliphatic carbocycles. The van der Waals surface area contributed by atoms with E-state index in [0.717, 1.165) is 10.9 Å². The highest BCUT2D eigenvalue weighted by molar-refractivity contribution is 6.07. The Morgan fingerprint density at radius 3 is 2.73 bits per heavy atom. The van der Waals surface area contributed by atoms with Crippen LogP contribution in [0.15, 0.2) is 30.5 Å². The predicted molar refractivity (Wildman–Crippen MR) is 79.9 cm³/mol. The van der Waals surface area contributed by atoms with Crippen molar-refractivity contribution in [3.05, 3.63) is 36.0 Å². The molecule has 7 nitrogen and oxygen atoms in total. The molecule has 2 aromatic rings. The summed E-state index contributed by atoms with van der Waals surface area (Å²) in [6.07, 6.45) is 1.69. The fourth-order valence-electron chi connectivity index (χ4n) is 2.55. The monoisotopic (exact) mass is 300 g/mol. The second-order valence-corrected chi connectivity index (χ2v) is 5.34. The lowest BCUT2D eigenvalue weighted by Crippen LogP contribution is -2.56. The van der Waals surface area contributed by atoms with Crippen molar-refractivity contribution in [1.29, 1.82) is 0 Å². The first-order valence-electron chi connectivity index (χ1n) is 6.97. The standard InChI is InChI=1S/C15H16N4O3/c16-13(20)6-18-14(21)9-7-19(8-9)15(22)11-5-17-12-4-2-1-3-10(11)12/h1-5,9,17H,6-8H2,(H2,16,20)(H,18,21). The van der Waals surface area contributed by atoms with Crippen LogP contribution < -0.4 is 11.1 Å². The van der Waals surface area contributed by atoms with Crippen LogP contribution in [0.25, 0.3) is 10.9 Å². The van der Waals surface area contributed by atoms with Crippen LogP contribution in [0.4, 0.5) is 0 Å². The van der Waals surface area contributed by atoms with Crippen LogP contribution in [0.3, 0.4) is 0 Å². The van der Waals surface area contributed by atoms with Gasteiger partial charge in [-0.05, 0) is 6.07 Å². The number of para-hydroxylation sites is 1. The number of aromatic nitrogens is 1. The van der Waals surface area contributed by atoms with Crippen LogP contribution in [0.5, 0.6) is 0 Å². The second kappa shape index (κ2) is 5.51. The third-order valence-corrected chi connectivity index (χ3v) is 3.80. The van der Waals surface area contributed by atoms with E-state index in [1.54, 1.807) is 11.1 Å². The molecule has 3 amide bonds. The Balaban J connectivity index is 1.62. The van der Waals surface area contributed by atoms with E-state index in [0.29, 0.717) is 18.7 Å². The van der Waals surface area contributed by atoms with Crippen LogP contribution in [0.2, 0.25) is 0 Å². The number of carbonyl (C=O) groups excluding carboxylic acids is 3. The molecule has 4 N–H and O–H groups in total. The van der Waals surface area contributed by atoms with Crippen LogP contribution in [0.1, 0.15) is 10.4 Å². The molecule has 3 rings (SSSR count). The maximum atomic E-state index is 12.4. The molecule has 0 unspecified atom stereocenters. The number of aromatic amines is 1. The van der Waals surface area contributed by atoms with E-state index >= 15 is 0 Å². The lowest BCUT2D eigenvalue weighted by atomic mass is 9.97. The molecule has 1 saturated heterocycles. The van der Waals surface area contributed by atoms with Gasteiger partial charge >= 0.3 is 0 Å². The summed E-state index contributed by atoms with van der Waals surface area (Å²) in [6.45, 7) is 0.525. The van der Waals surface area contributed by atoms with E-state index in [2.05, 4.69) is 10.3 Å². The molecule has 0 bridgehead atoms. The van der Waals surface area contributed by atoms with Gasteiger partial charge in [-0.25, -0.2) is 0 Å². The molecular weight excluding hydrogens is 284 g/mol. The molecule has 1 aromatic carbocycles. The van der Waals surface area contributed by atoms with Gasteiger partial charge in [0.1, 0.15) is 0 Å². The lowest BCUT2D eigenvalue weighted by molar-refractivity contribution is -0.131. The van der Waals surface area contributed by atoms with Gasteiger partial charge < -0.3 is 20.9 Å². The zero-order valence-electron chi connectivity index (χ0n) is 11.8. The van der Waals surface area contributed by atoms with Crippen molar-refractivity contribution >= 4 is 28.6 Å². The van der Waals surface area contributed by atoms with Gasteiger partial charge in [-0.2, -0.15) is 0 Å². The quantitative estimate of drug-likeness (QED) is 0.730. The Kier molecular flexibility index (Phi) is 3.54. The van der Waals surface area contributed by atoms with Gasteiger partial charge in [-0.1, -0.05) is 18.2 Å². The molecule has 0 radical (unpaired) electrons. The highest BCUT2D eigenvalue weighted by Gasteiger charge is 2.36. The minimum absolute atomic E-state index is 0.101. The normalized spacial score (nSPS) is 14.6. The lowest BCUT2D eigenvalue weighted by Gasteiger charge is -2.38. The zero-order chi connectivity index (χ0) is 15.7. The number of carbonyl (C=O) groups is 3. The van der Waals surface area contributed by atoms with Crippen molar-refractivity contribution < 1.29 is 14.4 Å². The van der Waals surface area contributed by atoms with Crippen LogP contribution in [-0.2, 0) is 9.59 Å². The number of hydrogen-bond donors (Lipinski definition) is 3. The highest BCUT2D eigenvalue weighted by Crippen LogP contribution is 2.23. The van der Waals surface area contributed by atoms with E-state index in [1.165, 1.54) is 0 Å². The van der Waals surface area contributed by atoms with E-state index in [1.807, 2.05) is 24.3 Å². The third-order valence-electron chi connectivity index (χ3n) is 3.80. The molecule has 1 fully saturated rings. The molecule has 0 spiro atoms. The van der Waals surface area contributed by atoms with Crippen LogP contribution in [-0.4, -0.2) is 47.2 Å². The number of primary amides is 1. The maximum absolute atomic E-state index is 12.4. The number of likely N-dealkylation sites (tertiary alicyclic amines) is 1. The van der Waals surface area contributed by atoms with Gasteiger partial charge in [0.15, 0.2) is 0 Å². The summed E-state index contributed by atoms with van der Waals surface area (Å²) in [4.78, 5) is 39.5. The van der Waals surface area contributed by atoms with Crippen LogP contribution in [0, 0.1) is 5.92 Å². The number of fused-ring (bicyclic) bond motifs is 1. The summed E-state index contributed by atoms with van der Waals surface area (Å²) >= 11 is 0. The summed E-state index contributed by atoms with van der Waals surface area (Å²) in [5.41, 5.74) is 6.48. The summed E-state index contributed by atoms with van der Waals surface area (Å²) < 4.78 is 0. The molecule has 22 heavy (non-hydrogen) atoms. The second-order valence-electron chi connectivity index (χ2n) is 5.34. The molecule has 2 heterocycles. The SMILES string of the molecule is NC(=O)CNC(=O)C1CN(C(=O)c2c[nH]c3ccccc23)C1. The van der Waals surface area contributed by atoms with E-state index in [9.17, 15) is 14.4 Å². The maximum Gasteiger partial charge on any atom is 0.256 e. The van der Waals surface area contributed by atoms with Gasteiger partial charge in [0.05, 0.1) is 18.0 Å². The first-order chi connectivity index (χ1) is 10.6. The van der Waals surface area contributed by atoms with Gasteiger partial charge in [0.2, 0.25) is 11.8 Å². The largest absolute Gasteiger partial charge is 0.368 e. The Hall–Kier alpha value is -2.83. The molecule has 7 heteroatoms. The minimum Gasteiger partial charge on any atom is -0.368 e. The number of nitrogens with zero attached hydrogens (tertiary/aromatic N) is 1. The first-order valence-corrected chi connectivity index (χ1v) is 6.97. The van der Waals surface area contributed by atoms with Crippen molar-refractivity contribution in [2.45, 2.75) is 0 Å². The fourth-order valence-corrected chi connectivity index (χ4v) is 2.55. The number of H-pyrrole nitrogens is 1. The molecular formula is C15H16N4O3. The number of benzene rings is 1. The Bertz CT molecular complexity index is 746. The number of nitrogens with one attached hydrogen (secondary N) is 2. The number of nitrogens with two attached hydrogens (primary N) is 1. The molecule has 0 saturated carbocycles. The van der Waals surface area contributed by atoms with Gasteiger partial charge in [-0.3, -0.25) is 14.4 Å². The van der Waals surface area contributed by atoms with E-state index in [4.69, 9.17) is 5.73 Å². The number of amides is 3. The Morgan fingerprint density at radius 1 is 1.27 bits per heavy atom. The zero-order valence-corrected chi connectivity index (χ0v) is 11.8. The molecule has 0 atom stereocenters. The Labute approximate surface area is 126 Å². The molecule has 1 aliphatic heterocycles. The summed E-state index contributed by atoms with van der Waals surface area (Å²) in [5.74, 6) is -1.22. The summed E-state index contributed by atoms with van der Waals surface area (Å²) in [6, 6.07) is 7.57. The summed E-state index contributed by atoms with van der Waals surface area (Å²) in [5, 5.41) is 3.32. The van der Waals surface area contributed by atoms with Crippen molar-refractivity contribution in [2.24, 2.45) is 11.7 Å².